The number of anilines is 1. The molecule has 1 amide bonds. The molecule has 3 aromatic rings. The summed E-state index contributed by atoms with van der Waals surface area (Å²) in [6.45, 7) is 0.269. The van der Waals surface area contributed by atoms with Gasteiger partial charge in [0.15, 0.2) is 5.54 Å². The summed E-state index contributed by atoms with van der Waals surface area (Å²) in [6, 6.07) is 18.5. The molecule has 198 valence electrons. The van der Waals surface area contributed by atoms with Crippen LogP contribution in [0.5, 0.6) is 5.75 Å². The SMILES string of the molecule is COC(=O)C1=C[C@H]2c3ccccc3C3=NN(c4ccc(C(F)(F)F)cc4)C(=O)[C@@]13N2Cc1ccc(OC)cc1. The minimum atomic E-state index is -4.53. The van der Waals surface area contributed by atoms with Gasteiger partial charge >= 0.3 is 12.1 Å². The summed E-state index contributed by atoms with van der Waals surface area (Å²) < 4.78 is 50.0. The Balaban J connectivity index is 1.53. The first-order chi connectivity index (χ1) is 18.7. The predicted molar refractivity (Wildman–Crippen MR) is 136 cm³/mol. The highest BCUT2D eigenvalue weighted by Crippen LogP contribution is 2.54. The van der Waals surface area contributed by atoms with Crippen molar-refractivity contribution in [3.63, 3.8) is 0 Å². The third kappa shape index (κ3) is 3.59. The Bertz CT molecular complexity index is 1550. The van der Waals surface area contributed by atoms with Gasteiger partial charge in [0.2, 0.25) is 0 Å². The Labute approximate surface area is 221 Å². The van der Waals surface area contributed by atoms with Crippen LogP contribution in [0.4, 0.5) is 18.9 Å². The van der Waals surface area contributed by atoms with Crippen molar-refractivity contribution in [3.05, 3.63) is 107 Å². The standard InChI is InChI=1S/C29H22F3N3O4/c1-38-20-13-7-17(8-14-20)16-34-24-15-23(26(36)39-2)28(34)25(22-6-4-3-5-21(22)24)33-35(27(28)37)19-11-9-18(10-12-19)29(30,31)32/h3-15,24H,16H2,1-2H3/t24-,28+/m0/s1. The second-order valence-corrected chi connectivity index (χ2v) is 9.40. The molecule has 0 saturated carbocycles. The first-order valence-electron chi connectivity index (χ1n) is 12.1. The zero-order valence-electron chi connectivity index (χ0n) is 20.9. The fraction of sp³-hybridized carbons (Fsp3) is 0.207. The number of alkyl halides is 3. The smallest absolute Gasteiger partial charge is 0.416 e. The lowest BCUT2D eigenvalue weighted by atomic mass is 9.78. The van der Waals surface area contributed by atoms with Gasteiger partial charge in [-0.1, -0.05) is 36.4 Å². The summed E-state index contributed by atoms with van der Waals surface area (Å²) in [4.78, 5) is 29.5. The molecule has 6 rings (SSSR count). The predicted octanol–water partition coefficient (Wildman–Crippen LogP) is 4.87. The van der Waals surface area contributed by atoms with E-state index >= 15 is 0 Å². The van der Waals surface area contributed by atoms with Crippen LogP contribution < -0.4 is 9.75 Å². The van der Waals surface area contributed by atoms with Crippen LogP contribution in [-0.2, 0) is 27.0 Å². The summed E-state index contributed by atoms with van der Waals surface area (Å²) in [7, 11) is 2.81. The van der Waals surface area contributed by atoms with Crippen LogP contribution in [0.1, 0.15) is 28.3 Å². The highest BCUT2D eigenvalue weighted by molar-refractivity contribution is 6.35. The summed E-state index contributed by atoms with van der Waals surface area (Å²) >= 11 is 0. The second-order valence-electron chi connectivity index (χ2n) is 9.40. The fourth-order valence-corrected chi connectivity index (χ4v) is 5.62. The number of carbonyl (C=O) groups is 2. The largest absolute Gasteiger partial charge is 0.497 e. The average Bonchev–Trinajstić information content (AvgIpc) is 3.40. The van der Waals surface area contributed by atoms with Crippen LogP contribution in [0.25, 0.3) is 0 Å². The number of hydrazone groups is 1. The number of hydrogen-bond acceptors (Lipinski definition) is 6. The first-order valence-corrected chi connectivity index (χ1v) is 12.1. The number of methoxy groups -OCH3 is 2. The van der Waals surface area contributed by atoms with Crippen molar-refractivity contribution >= 4 is 23.3 Å². The highest BCUT2D eigenvalue weighted by atomic mass is 19.4. The Morgan fingerprint density at radius 2 is 1.69 bits per heavy atom. The Morgan fingerprint density at radius 1 is 1.00 bits per heavy atom. The van der Waals surface area contributed by atoms with E-state index in [0.717, 1.165) is 28.3 Å². The summed E-state index contributed by atoms with van der Waals surface area (Å²) in [5, 5.41) is 5.74. The fourth-order valence-electron chi connectivity index (χ4n) is 5.62. The number of halogens is 3. The maximum Gasteiger partial charge on any atom is 0.416 e. The molecular weight excluding hydrogens is 511 g/mol. The molecule has 3 aliphatic heterocycles. The van der Waals surface area contributed by atoms with Crippen molar-refractivity contribution in [2.45, 2.75) is 24.3 Å². The Hall–Kier alpha value is -4.44. The number of benzene rings is 3. The number of amides is 1. The van der Waals surface area contributed by atoms with Crippen molar-refractivity contribution in [2.24, 2.45) is 5.10 Å². The van der Waals surface area contributed by atoms with Crippen molar-refractivity contribution in [2.75, 3.05) is 19.2 Å². The van der Waals surface area contributed by atoms with Crippen molar-refractivity contribution in [3.8, 4) is 5.75 Å². The zero-order valence-corrected chi connectivity index (χ0v) is 20.9. The zero-order chi connectivity index (χ0) is 27.5. The van der Waals surface area contributed by atoms with Gasteiger partial charge in [-0.3, -0.25) is 9.69 Å². The number of rotatable bonds is 5. The molecule has 0 radical (unpaired) electrons. The minimum Gasteiger partial charge on any atom is -0.497 e. The van der Waals surface area contributed by atoms with Crippen LogP contribution in [0, 0.1) is 0 Å². The van der Waals surface area contributed by atoms with E-state index in [-0.39, 0.29) is 17.8 Å². The summed E-state index contributed by atoms with van der Waals surface area (Å²) in [5.74, 6) is -0.579. The number of ether oxygens (including phenoxy) is 2. The average molecular weight is 534 g/mol. The third-order valence-electron chi connectivity index (χ3n) is 7.42. The molecule has 3 aliphatic rings. The number of hydrogen-bond donors (Lipinski definition) is 0. The van der Waals surface area contributed by atoms with E-state index in [2.05, 4.69) is 5.10 Å². The lowest BCUT2D eigenvalue weighted by molar-refractivity contribution is -0.139. The van der Waals surface area contributed by atoms with E-state index in [1.807, 2.05) is 41.3 Å². The van der Waals surface area contributed by atoms with Crippen molar-refractivity contribution in [1.29, 1.82) is 0 Å². The third-order valence-corrected chi connectivity index (χ3v) is 7.42. The lowest BCUT2D eigenvalue weighted by Crippen LogP contribution is -2.61. The molecule has 0 aliphatic carbocycles. The molecule has 0 unspecified atom stereocenters. The minimum absolute atomic E-state index is 0.123. The molecule has 2 bridgehead atoms. The monoisotopic (exact) mass is 533 g/mol. The number of fused-ring (bicyclic) bond motifs is 4. The van der Waals surface area contributed by atoms with Crippen LogP contribution in [-0.4, -0.2) is 42.2 Å². The molecule has 39 heavy (non-hydrogen) atoms. The molecule has 0 saturated heterocycles. The first kappa shape index (κ1) is 24.9. The van der Waals surface area contributed by atoms with Gasteiger partial charge in [-0.25, -0.2) is 4.79 Å². The van der Waals surface area contributed by atoms with Crippen molar-refractivity contribution < 1.29 is 32.2 Å². The number of carbonyl (C=O) groups excluding carboxylic acids is 2. The van der Waals surface area contributed by atoms with E-state index < -0.39 is 35.2 Å². The van der Waals surface area contributed by atoms with Crippen LogP contribution in [0.2, 0.25) is 0 Å². The van der Waals surface area contributed by atoms with Gasteiger partial charge in [-0.2, -0.15) is 23.3 Å². The van der Waals surface area contributed by atoms with Gasteiger partial charge < -0.3 is 9.47 Å². The number of nitrogens with zero attached hydrogens (tertiary/aromatic N) is 3. The quantitative estimate of drug-likeness (QED) is 0.438. The molecule has 0 aromatic heterocycles. The normalized spacial score (nSPS) is 21.7. The Morgan fingerprint density at radius 3 is 2.33 bits per heavy atom. The van der Waals surface area contributed by atoms with Gasteiger partial charge in [-0.15, -0.1) is 0 Å². The van der Waals surface area contributed by atoms with Gasteiger partial charge in [0.25, 0.3) is 5.91 Å². The van der Waals surface area contributed by atoms with Crippen LogP contribution in [0.3, 0.4) is 0 Å². The van der Waals surface area contributed by atoms with E-state index in [0.29, 0.717) is 17.0 Å². The van der Waals surface area contributed by atoms with Crippen LogP contribution >= 0.6 is 0 Å². The topological polar surface area (TPSA) is 71.4 Å². The molecule has 2 atom stereocenters. The summed E-state index contributed by atoms with van der Waals surface area (Å²) in [5.41, 5.74) is 0.517. The summed E-state index contributed by atoms with van der Waals surface area (Å²) in [6.07, 6.45) is -2.80. The molecule has 0 fully saturated rings. The maximum absolute atomic E-state index is 14.4. The highest BCUT2D eigenvalue weighted by Gasteiger charge is 2.67. The number of esters is 1. The van der Waals surface area contributed by atoms with E-state index in [9.17, 15) is 22.8 Å². The van der Waals surface area contributed by atoms with E-state index in [1.54, 1.807) is 25.3 Å². The molecule has 7 nitrogen and oxygen atoms in total. The molecule has 10 heteroatoms. The second kappa shape index (κ2) is 8.81. The van der Waals surface area contributed by atoms with Gasteiger partial charge in [0, 0.05) is 12.1 Å². The molecule has 0 N–H and O–H groups in total. The van der Waals surface area contributed by atoms with E-state index in [1.165, 1.54) is 19.2 Å². The lowest BCUT2D eigenvalue weighted by Gasteiger charge is -2.43. The van der Waals surface area contributed by atoms with Gasteiger partial charge in [0.05, 0.1) is 37.1 Å². The van der Waals surface area contributed by atoms with E-state index in [4.69, 9.17) is 9.47 Å². The molecular formula is C29H22F3N3O4. The van der Waals surface area contributed by atoms with Crippen LogP contribution in [0.15, 0.2) is 89.5 Å². The molecule has 1 spiro atoms. The maximum atomic E-state index is 14.4. The van der Waals surface area contributed by atoms with Gasteiger partial charge in [-0.05, 0) is 53.6 Å². The molecule has 3 heterocycles. The molecule has 3 aromatic carbocycles. The Kier molecular flexibility index (Phi) is 5.62. The van der Waals surface area contributed by atoms with Gasteiger partial charge in [0.1, 0.15) is 11.5 Å². The van der Waals surface area contributed by atoms with Crippen molar-refractivity contribution in [1.82, 2.24) is 4.90 Å².